The molecule has 2 rings (SSSR count). The van der Waals surface area contributed by atoms with Gasteiger partial charge in [0.05, 0.1) is 6.10 Å². The largest absolute Gasteiger partial charge is 0.475 e. The van der Waals surface area contributed by atoms with Gasteiger partial charge in [-0.25, -0.2) is 4.98 Å². The van der Waals surface area contributed by atoms with Crippen LogP contribution in [0.25, 0.3) is 10.8 Å². The summed E-state index contributed by atoms with van der Waals surface area (Å²) in [7, 11) is 1.91. The Morgan fingerprint density at radius 3 is 2.75 bits per heavy atom. The van der Waals surface area contributed by atoms with Crippen LogP contribution < -0.4 is 10.1 Å². The second-order valence-electron chi connectivity index (χ2n) is 3.97. The fraction of sp³-hybridized carbons (Fsp3) is 0.308. The van der Waals surface area contributed by atoms with Gasteiger partial charge in [-0.05, 0) is 43.5 Å². The topological polar surface area (TPSA) is 34.1 Å². The molecule has 1 aromatic carbocycles. The van der Waals surface area contributed by atoms with Crippen molar-refractivity contribution in [1.82, 2.24) is 4.98 Å². The van der Waals surface area contributed by atoms with Gasteiger partial charge in [0.25, 0.3) is 0 Å². The average Bonchev–Trinajstić information content (AvgIpc) is 2.28. The first kappa shape index (κ1) is 10.7. The lowest BCUT2D eigenvalue weighted by atomic mass is 10.1. The van der Waals surface area contributed by atoms with Crippen LogP contribution in [0.5, 0.6) is 5.88 Å². The standard InChI is InChI=1S/C13H16N2O/c1-9(2)16-13-12-5-4-11(14-3)8-10(12)6-7-15-13/h4-9,14H,1-3H3. The van der Waals surface area contributed by atoms with Gasteiger partial charge in [-0.15, -0.1) is 0 Å². The summed E-state index contributed by atoms with van der Waals surface area (Å²) in [5, 5.41) is 5.31. The Morgan fingerprint density at radius 1 is 1.25 bits per heavy atom. The Bertz CT molecular complexity index is 494. The molecule has 0 radical (unpaired) electrons. The molecule has 2 aromatic rings. The van der Waals surface area contributed by atoms with Gasteiger partial charge in [-0.2, -0.15) is 0 Å². The van der Waals surface area contributed by atoms with Gasteiger partial charge in [0.15, 0.2) is 0 Å². The molecule has 0 saturated heterocycles. The lowest BCUT2D eigenvalue weighted by molar-refractivity contribution is 0.236. The molecule has 0 spiro atoms. The Hall–Kier alpha value is -1.77. The van der Waals surface area contributed by atoms with Crippen molar-refractivity contribution in [2.45, 2.75) is 20.0 Å². The molecule has 0 aliphatic heterocycles. The van der Waals surface area contributed by atoms with Crippen molar-refractivity contribution in [2.75, 3.05) is 12.4 Å². The maximum Gasteiger partial charge on any atom is 0.221 e. The highest BCUT2D eigenvalue weighted by atomic mass is 16.5. The first-order chi connectivity index (χ1) is 7.70. The molecule has 3 heteroatoms. The van der Waals surface area contributed by atoms with E-state index < -0.39 is 0 Å². The predicted octanol–water partition coefficient (Wildman–Crippen LogP) is 3.06. The Morgan fingerprint density at radius 2 is 2.06 bits per heavy atom. The summed E-state index contributed by atoms with van der Waals surface area (Å²) >= 11 is 0. The van der Waals surface area contributed by atoms with Crippen LogP contribution in [0, 0.1) is 0 Å². The van der Waals surface area contributed by atoms with Crippen LogP contribution in [0.4, 0.5) is 5.69 Å². The lowest BCUT2D eigenvalue weighted by Crippen LogP contribution is -2.07. The molecule has 16 heavy (non-hydrogen) atoms. The minimum Gasteiger partial charge on any atom is -0.475 e. The second-order valence-corrected chi connectivity index (χ2v) is 3.97. The van der Waals surface area contributed by atoms with Gasteiger partial charge in [0, 0.05) is 24.3 Å². The van der Waals surface area contributed by atoms with Crippen molar-refractivity contribution in [1.29, 1.82) is 0 Å². The van der Waals surface area contributed by atoms with Crippen LogP contribution in [0.2, 0.25) is 0 Å². The van der Waals surface area contributed by atoms with E-state index in [0.717, 1.165) is 16.5 Å². The molecule has 1 heterocycles. The summed E-state index contributed by atoms with van der Waals surface area (Å²) in [6, 6.07) is 8.14. The molecule has 1 N–H and O–H groups in total. The Labute approximate surface area is 95.5 Å². The maximum atomic E-state index is 5.67. The second kappa shape index (κ2) is 4.39. The Balaban J connectivity index is 2.51. The number of pyridine rings is 1. The third-order valence-corrected chi connectivity index (χ3v) is 2.36. The van der Waals surface area contributed by atoms with Crippen LogP contribution in [0.1, 0.15) is 13.8 Å². The highest BCUT2D eigenvalue weighted by Gasteiger charge is 2.05. The molecule has 0 saturated carbocycles. The number of hydrogen-bond donors (Lipinski definition) is 1. The summed E-state index contributed by atoms with van der Waals surface area (Å²) in [5.41, 5.74) is 1.09. The zero-order chi connectivity index (χ0) is 11.5. The van der Waals surface area contributed by atoms with Crippen LogP contribution in [0.15, 0.2) is 30.5 Å². The van der Waals surface area contributed by atoms with E-state index >= 15 is 0 Å². The van der Waals surface area contributed by atoms with E-state index in [-0.39, 0.29) is 6.10 Å². The summed E-state index contributed by atoms with van der Waals surface area (Å²) in [4.78, 5) is 4.26. The number of nitrogens with zero attached hydrogens (tertiary/aromatic N) is 1. The third-order valence-electron chi connectivity index (χ3n) is 2.36. The van der Waals surface area contributed by atoms with E-state index in [4.69, 9.17) is 4.74 Å². The molecule has 0 bridgehead atoms. The minimum atomic E-state index is 0.141. The number of anilines is 1. The number of rotatable bonds is 3. The zero-order valence-electron chi connectivity index (χ0n) is 9.82. The van der Waals surface area contributed by atoms with Crippen LogP contribution in [-0.4, -0.2) is 18.1 Å². The molecule has 0 aliphatic carbocycles. The van der Waals surface area contributed by atoms with Crippen molar-refractivity contribution < 1.29 is 4.74 Å². The summed E-state index contributed by atoms with van der Waals surface area (Å²) in [5.74, 6) is 0.704. The van der Waals surface area contributed by atoms with E-state index in [1.165, 1.54) is 0 Å². The average molecular weight is 216 g/mol. The number of ether oxygens (including phenoxy) is 1. The van der Waals surface area contributed by atoms with Crippen molar-refractivity contribution in [3.8, 4) is 5.88 Å². The summed E-state index contributed by atoms with van der Waals surface area (Å²) in [6.45, 7) is 4.00. The maximum absolute atomic E-state index is 5.67. The molecule has 0 aliphatic rings. The van der Waals surface area contributed by atoms with Crippen molar-refractivity contribution >= 4 is 16.5 Å². The number of benzene rings is 1. The third kappa shape index (κ3) is 2.08. The van der Waals surface area contributed by atoms with E-state index in [2.05, 4.69) is 16.4 Å². The fourth-order valence-electron chi connectivity index (χ4n) is 1.62. The van der Waals surface area contributed by atoms with Gasteiger partial charge >= 0.3 is 0 Å². The SMILES string of the molecule is CNc1ccc2c(OC(C)C)nccc2c1. The molecule has 0 atom stereocenters. The van der Waals surface area contributed by atoms with Gasteiger partial charge in [0.1, 0.15) is 0 Å². The van der Waals surface area contributed by atoms with Crippen LogP contribution in [-0.2, 0) is 0 Å². The molecular formula is C13H16N2O. The quantitative estimate of drug-likeness (QED) is 0.856. The van der Waals surface area contributed by atoms with E-state index in [0.29, 0.717) is 5.88 Å². The lowest BCUT2D eigenvalue weighted by Gasteiger charge is -2.11. The van der Waals surface area contributed by atoms with E-state index in [1.54, 1.807) is 6.20 Å². The highest BCUT2D eigenvalue weighted by Crippen LogP contribution is 2.26. The number of nitrogens with one attached hydrogen (secondary N) is 1. The Kier molecular flexibility index (Phi) is 2.95. The molecule has 3 nitrogen and oxygen atoms in total. The van der Waals surface area contributed by atoms with E-state index in [9.17, 15) is 0 Å². The highest BCUT2D eigenvalue weighted by molar-refractivity contribution is 5.89. The monoisotopic (exact) mass is 216 g/mol. The zero-order valence-corrected chi connectivity index (χ0v) is 9.82. The van der Waals surface area contributed by atoms with Gasteiger partial charge in [-0.1, -0.05) is 0 Å². The number of hydrogen-bond acceptors (Lipinski definition) is 3. The minimum absolute atomic E-state index is 0.141. The molecule has 0 fully saturated rings. The number of aromatic nitrogens is 1. The molecule has 1 aromatic heterocycles. The molecule has 84 valence electrons. The summed E-state index contributed by atoms with van der Waals surface area (Å²) in [6.07, 6.45) is 1.92. The van der Waals surface area contributed by atoms with Crippen molar-refractivity contribution in [3.63, 3.8) is 0 Å². The smallest absolute Gasteiger partial charge is 0.221 e. The fourth-order valence-corrected chi connectivity index (χ4v) is 1.62. The van der Waals surface area contributed by atoms with Crippen LogP contribution in [0.3, 0.4) is 0 Å². The van der Waals surface area contributed by atoms with Crippen molar-refractivity contribution in [3.05, 3.63) is 30.5 Å². The van der Waals surface area contributed by atoms with Gasteiger partial charge in [-0.3, -0.25) is 0 Å². The summed E-state index contributed by atoms with van der Waals surface area (Å²) < 4.78 is 5.67. The van der Waals surface area contributed by atoms with Gasteiger partial charge < -0.3 is 10.1 Å². The molecular weight excluding hydrogens is 200 g/mol. The van der Waals surface area contributed by atoms with Crippen LogP contribution >= 0.6 is 0 Å². The normalized spacial score (nSPS) is 10.8. The van der Waals surface area contributed by atoms with Gasteiger partial charge in [0.2, 0.25) is 5.88 Å². The van der Waals surface area contributed by atoms with E-state index in [1.807, 2.05) is 39.1 Å². The molecule has 0 unspecified atom stereocenters. The predicted molar refractivity (Wildman–Crippen MR) is 67.1 cm³/mol. The number of fused-ring (bicyclic) bond motifs is 1. The molecule has 0 amide bonds. The first-order valence-corrected chi connectivity index (χ1v) is 5.44. The van der Waals surface area contributed by atoms with Crippen molar-refractivity contribution in [2.24, 2.45) is 0 Å². The first-order valence-electron chi connectivity index (χ1n) is 5.44.